The van der Waals surface area contributed by atoms with Gasteiger partial charge in [-0.2, -0.15) is 0 Å². The first-order valence-electron chi connectivity index (χ1n) is 4.63. The van der Waals surface area contributed by atoms with Gasteiger partial charge in [0.2, 0.25) is 6.54 Å². The second-order valence-electron chi connectivity index (χ2n) is 2.75. The molecule has 0 aliphatic carbocycles. The molecule has 0 heterocycles. The Hall–Kier alpha value is -1.29. The molecule has 1 nitrogen and oxygen atoms in total. The number of rotatable bonds is 1. The van der Waals surface area contributed by atoms with Gasteiger partial charge in [-0.15, -0.1) is 0 Å². The average molecular weight is 175 g/mol. The van der Waals surface area contributed by atoms with Crippen molar-refractivity contribution in [3.8, 4) is 0 Å². The van der Waals surface area contributed by atoms with E-state index in [0.29, 0.717) is 6.54 Å². The predicted octanol–water partition coefficient (Wildman–Crippen LogP) is 3.75. The highest BCUT2D eigenvalue weighted by Crippen LogP contribution is 2.10. The van der Waals surface area contributed by atoms with Crippen molar-refractivity contribution in [3.05, 3.63) is 46.3 Å². The summed E-state index contributed by atoms with van der Waals surface area (Å²) in [6.07, 6.45) is 0. The Morgan fingerprint density at radius 3 is 2.31 bits per heavy atom. The predicted molar refractivity (Wildman–Crippen MR) is 57.6 cm³/mol. The molecule has 0 spiro atoms. The zero-order valence-electron chi connectivity index (χ0n) is 8.89. The van der Waals surface area contributed by atoms with E-state index in [9.17, 15) is 0 Å². The smallest absolute Gasteiger partial charge is 0.240 e. The van der Waals surface area contributed by atoms with Gasteiger partial charge in [-0.3, -0.25) is 0 Å². The van der Waals surface area contributed by atoms with Gasteiger partial charge in [-0.05, 0) is 19.4 Å². The molecule has 0 unspecified atom stereocenters. The third-order valence-electron chi connectivity index (χ3n) is 1.75. The van der Waals surface area contributed by atoms with Crippen molar-refractivity contribution >= 4 is 0 Å². The summed E-state index contributed by atoms with van der Waals surface area (Å²) in [7, 11) is 0. The molecular formula is C12H17N. The molecule has 1 rings (SSSR count). The van der Waals surface area contributed by atoms with Crippen LogP contribution in [0.25, 0.3) is 4.85 Å². The maximum atomic E-state index is 6.72. The Kier molecular flexibility index (Phi) is 5.63. The average Bonchev–Trinajstić information content (AvgIpc) is 2.14. The normalized spacial score (nSPS) is 8.23. The first-order valence-corrected chi connectivity index (χ1v) is 4.63. The number of hydrogen-bond donors (Lipinski definition) is 0. The first-order chi connectivity index (χ1) is 6.24. The van der Waals surface area contributed by atoms with E-state index in [2.05, 4.69) is 17.8 Å². The van der Waals surface area contributed by atoms with Crippen LogP contribution in [0.15, 0.2) is 18.2 Å². The molecule has 0 atom stereocenters. The molecule has 0 aliphatic heterocycles. The van der Waals surface area contributed by atoms with E-state index in [1.165, 1.54) is 11.1 Å². The van der Waals surface area contributed by atoms with E-state index in [1.807, 2.05) is 32.9 Å². The van der Waals surface area contributed by atoms with E-state index in [-0.39, 0.29) is 0 Å². The topological polar surface area (TPSA) is 4.36 Å². The fraction of sp³-hybridized carbons (Fsp3) is 0.417. The summed E-state index contributed by atoms with van der Waals surface area (Å²) < 4.78 is 0. The Labute approximate surface area is 81.2 Å². The molecule has 1 heteroatoms. The molecule has 1 aromatic rings. The van der Waals surface area contributed by atoms with Crippen LogP contribution in [0.3, 0.4) is 0 Å². The summed E-state index contributed by atoms with van der Waals surface area (Å²) in [5.74, 6) is 0. The third kappa shape index (κ3) is 3.75. The SMILES string of the molecule is CC.[C-]#[N+]Cc1ccc(C)cc1C. The molecule has 0 bridgehead atoms. The van der Waals surface area contributed by atoms with Crippen LogP contribution in [0.4, 0.5) is 0 Å². The zero-order chi connectivity index (χ0) is 10.3. The number of aryl methyl sites for hydroxylation is 2. The van der Waals surface area contributed by atoms with Gasteiger partial charge in [0.25, 0.3) is 0 Å². The number of nitrogens with zero attached hydrogens (tertiary/aromatic N) is 1. The molecule has 0 fully saturated rings. The van der Waals surface area contributed by atoms with Crippen molar-refractivity contribution < 1.29 is 0 Å². The molecule has 0 saturated heterocycles. The van der Waals surface area contributed by atoms with Crippen LogP contribution in [0.2, 0.25) is 0 Å². The minimum Gasteiger partial charge on any atom is -0.312 e. The summed E-state index contributed by atoms with van der Waals surface area (Å²) in [5.41, 5.74) is 3.63. The van der Waals surface area contributed by atoms with Gasteiger partial charge in [0.1, 0.15) is 0 Å². The Bertz CT molecular complexity index is 294. The molecule has 0 aliphatic rings. The lowest BCUT2D eigenvalue weighted by molar-refractivity contribution is 1.19. The van der Waals surface area contributed by atoms with Crippen molar-refractivity contribution in [2.45, 2.75) is 34.2 Å². The fourth-order valence-electron chi connectivity index (χ4n) is 1.11. The highest BCUT2D eigenvalue weighted by atomic mass is 14.6. The Morgan fingerprint density at radius 2 is 1.85 bits per heavy atom. The first kappa shape index (κ1) is 11.7. The van der Waals surface area contributed by atoms with Crippen molar-refractivity contribution in [2.24, 2.45) is 0 Å². The van der Waals surface area contributed by atoms with Crippen LogP contribution in [-0.4, -0.2) is 0 Å². The molecule has 13 heavy (non-hydrogen) atoms. The Balaban J connectivity index is 0.000000671. The van der Waals surface area contributed by atoms with Gasteiger partial charge in [-0.1, -0.05) is 37.6 Å². The van der Waals surface area contributed by atoms with Crippen LogP contribution in [0.5, 0.6) is 0 Å². The quantitative estimate of drug-likeness (QED) is 0.572. The van der Waals surface area contributed by atoms with Crippen molar-refractivity contribution in [1.82, 2.24) is 0 Å². The van der Waals surface area contributed by atoms with E-state index >= 15 is 0 Å². The molecule has 1 aromatic carbocycles. The molecule has 0 N–H and O–H groups in total. The maximum Gasteiger partial charge on any atom is 0.240 e. The molecular weight excluding hydrogens is 158 g/mol. The van der Waals surface area contributed by atoms with Crippen molar-refractivity contribution in [2.75, 3.05) is 0 Å². The highest BCUT2D eigenvalue weighted by molar-refractivity contribution is 5.30. The second-order valence-corrected chi connectivity index (χ2v) is 2.75. The van der Waals surface area contributed by atoms with E-state index in [4.69, 9.17) is 6.57 Å². The van der Waals surface area contributed by atoms with Crippen molar-refractivity contribution in [3.63, 3.8) is 0 Å². The summed E-state index contributed by atoms with van der Waals surface area (Å²) in [6.45, 7) is 15.3. The minimum atomic E-state index is 0.506. The molecule has 0 amide bonds. The monoisotopic (exact) mass is 175 g/mol. The van der Waals surface area contributed by atoms with Crippen LogP contribution >= 0.6 is 0 Å². The molecule has 70 valence electrons. The highest BCUT2D eigenvalue weighted by Gasteiger charge is 1.98. The van der Waals surface area contributed by atoms with Crippen LogP contribution in [0.1, 0.15) is 30.5 Å². The van der Waals surface area contributed by atoms with Gasteiger partial charge in [-0.25, -0.2) is 6.57 Å². The summed E-state index contributed by atoms with van der Waals surface area (Å²) in [4.78, 5) is 3.35. The summed E-state index contributed by atoms with van der Waals surface area (Å²) in [6, 6.07) is 6.19. The lowest BCUT2D eigenvalue weighted by Gasteiger charge is -1.99. The third-order valence-corrected chi connectivity index (χ3v) is 1.75. The summed E-state index contributed by atoms with van der Waals surface area (Å²) in [5, 5.41) is 0. The molecule has 0 aromatic heterocycles. The van der Waals surface area contributed by atoms with E-state index in [0.717, 1.165) is 5.56 Å². The maximum absolute atomic E-state index is 6.72. The summed E-state index contributed by atoms with van der Waals surface area (Å²) >= 11 is 0. The largest absolute Gasteiger partial charge is 0.312 e. The lowest BCUT2D eigenvalue weighted by Crippen LogP contribution is -1.85. The van der Waals surface area contributed by atoms with Crippen LogP contribution in [-0.2, 0) is 6.54 Å². The van der Waals surface area contributed by atoms with Crippen molar-refractivity contribution in [1.29, 1.82) is 0 Å². The van der Waals surface area contributed by atoms with Crippen LogP contribution < -0.4 is 0 Å². The number of hydrogen-bond acceptors (Lipinski definition) is 0. The van der Waals surface area contributed by atoms with Gasteiger partial charge in [0.15, 0.2) is 0 Å². The van der Waals surface area contributed by atoms with E-state index in [1.54, 1.807) is 0 Å². The minimum absolute atomic E-state index is 0.506. The van der Waals surface area contributed by atoms with Crippen LogP contribution in [0, 0.1) is 20.4 Å². The van der Waals surface area contributed by atoms with Gasteiger partial charge in [0.05, 0.1) is 0 Å². The standard InChI is InChI=1S/C10H11N.C2H6/c1-8-4-5-10(7-11-3)9(2)6-8;1-2/h4-6H,7H2,1-2H3;1-2H3. The fourth-order valence-corrected chi connectivity index (χ4v) is 1.11. The molecule has 0 saturated carbocycles. The second kappa shape index (κ2) is 6.25. The zero-order valence-corrected chi connectivity index (χ0v) is 8.89. The number of benzene rings is 1. The van der Waals surface area contributed by atoms with Gasteiger partial charge in [0, 0.05) is 5.56 Å². The van der Waals surface area contributed by atoms with Gasteiger partial charge >= 0.3 is 0 Å². The molecule has 0 radical (unpaired) electrons. The lowest BCUT2D eigenvalue weighted by atomic mass is 10.1. The Morgan fingerprint density at radius 1 is 1.23 bits per heavy atom. The van der Waals surface area contributed by atoms with E-state index < -0.39 is 0 Å². The van der Waals surface area contributed by atoms with Gasteiger partial charge < -0.3 is 4.85 Å².